The van der Waals surface area contributed by atoms with Crippen LogP contribution in [-0.2, 0) is 0 Å². The lowest BCUT2D eigenvalue weighted by atomic mass is 10.1. The minimum absolute atomic E-state index is 0.392. The predicted octanol–water partition coefficient (Wildman–Crippen LogP) is 4.39. The van der Waals surface area contributed by atoms with Gasteiger partial charge in [0.15, 0.2) is 17.2 Å². The van der Waals surface area contributed by atoms with Crippen molar-refractivity contribution in [1.82, 2.24) is 10.2 Å². The van der Waals surface area contributed by atoms with Gasteiger partial charge in [0.1, 0.15) is 0 Å². The van der Waals surface area contributed by atoms with Crippen LogP contribution in [0.5, 0.6) is 17.2 Å². The van der Waals surface area contributed by atoms with E-state index in [0.717, 1.165) is 14.5 Å². The van der Waals surface area contributed by atoms with E-state index >= 15 is 0 Å². The van der Waals surface area contributed by atoms with Gasteiger partial charge in [0, 0.05) is 20.1 Å². The van der Waals surface area contributed by atoms with Crippen molar-refractivity contribution in [3.8, 4) is 39.8 Å². The molecule has 0 spiro atoms. The van der Waals surface area contributed by atoms with Crippen molar-refractivity contribution < 1.29 is 15.3 Å². The molecule has 2 aromatic carbocycles. The van der Waals surface area contributed by atoms with E-state index in [1.165, 1.54) is 12.1 Å². The second-order valence-corrected chi connectivity index (χ2v) is 6.52. The van der Waals surface area contributed by atoms with Gasteiger partial charge in [-0.05, 0) is 36.4 Å². The molecule has 22 heavy (non-hydrogen) atoms. The molecule has 5 nitrogen and oxygen atoms in total. The Balaban J connectivity index is 2.04. The lowest BCUT2D eigenvalue weighted by Gasteiger charge is -2.03. The van der Waals surface area contributed by atoms with Crippen LogP contribution in [0.25, 0.3) is 22.5 Å². The van der Waals surface area contributed by atoms with Crippen molar-refractivity contribution in [2.24, 2.45) is 0 Å². The third-order valence-corrected chi connectivity index (χ3v) is 4.03. The van der Waals surface area contributed by atoms with Crippen molar-refractivity contribution in [2.45, 2.75) is 0 Å². The van der Waals surface area contributed by atoms with Gasteiger partial charge < -0.3 is 15.3 Å². The molecule has 1 heterocycles. The van der Waals surface area contributed by atoms with Gasteiger partial charge in [-0.3, -0.25) is 5.10 Å². The van der Waals surface area contributed by atoms with E-state index in [4.69, 9.17) is 0 Å². The number of aromatic amines is 1. The molecule has 3 aromatic rings. The average molecular weight is 426 g/mol. The second-order valence-electron chi connectivity index (χ2n) is 4.69. The number of nitrogens with one attached hydrogen (secondary N) is 1. The highest BCUT2D eigenvalue weighted by Crippen LogP contribution is 2.39. The summed E-state index contributed by atoms with van der Waals surface area (Å²) in [6.45, 7) is 0. The van der Waals surface area contributed by atoms with Crippen LogP contribution < -0.4 is 0 Å². The summed E-state index contributed by atoms with van der Waals surface area (Å²) in [5, 5.41) is 35.6. The van der Waals surface area contributed by atoms with E-state index in [1.54, 1.807) is 6.07 Å². The number of aromatic nitrogens is 2. The van der Waals surface area contributed by atoms with Crippen LogP contribution in [0.1, 0.15) is 0 Å². The highest BCUT2D eigenvalue weighted by molar-refractivity contribution is 9.11. The zero-order valence-corrected chi connectivity index (χ0v) is 14.2. The first-order valence-corrected chi connectivity index (χ1v) is 7.80. The first-order chi connectivity index (χ1) is 10.4. The number of benzene rings is 2. The quantitative estimate of drug-likeness (QED) is 0.458. The number of H-pyrrole nitrogens is 1. The number of phenols is 3. The number of rotatable bonds is 2. The summed E-state index contributed by atoms with van der Waals surface area (Å²) in [7, 11) is 0. The molecular formula is C15H10Br2N2O3. The maximum Gasteiger partial charge on any atom is 0.200 e. The van der Waals surface area contributed by atoms with Crippen LogP contribution in [-0.4, -0.2) is 25.5 Å². The zero-order valence-electron chi connectivity index (χ0n) is 11.0. The number of aromatic hydroxyl groups is 3. The van der Waals surface area contributed by atoms with Crippen molar-refractivity contribution >= 4 is 31.9 Å². The van der Waals surface area contributed by atoms with Crippen molar-refractivity contribution in [2.75, 3.05) is 0 Å². The number of hydrogen-bond acceptors (Lipinski definition) is 4. The second kappa shape index (κ2) is 5.66. The van der Waals surface area contributed by atoms with Crippen LogP contribution in [0.4, 0.5) is 0 Å². The summed E-state index contributed by atoms with van der Waals surface area (Å²) in [5.41, 5.74) is 2.73. The van der Waals surface area contributed by atoms with Gasteiger partial charge in [0.25, 0.3) is 0 Å². The smallest absolute Gasteiger partial charge is 0.200 e. The normalized spacial score (nSPS) is 10.8. The Kier molecular flexibility index (Phi) is 3.84. The Hall–Kier alpha value is -1.99. The summed E-state index contributed by atoms with van der Waals surface area (Å²) in [6, 6.07) is 10.3. The Labute approximate surface area is 142 Å². The molecule has 0 saturated carbocycles. The summed E-state index contributed by atoms with van der Waals surface area (Å²) in [4.78, 5) is 0. The third-order valence-electron chi connectivity index (χ3n) is 3.12. The Bertz CT molecular complexity index is 818. The predicted molar refractivity (Wildman–Crippen MR) is 89.9 cm³/mol. The molecule has 0 unspecified atom stereocenters. The molecule has 0 fully saturated rings. The van der Waals surface area contributed by atoms with Crippen LogP contribution in [0, 0.1) is 0 Å². The van der Waals surface area contributed by atoms with E-state index in [9.17, 15) is 15.3 Å². The van der Waals surface area contributed by atoms with Crippen molar-refractivity contribution in [1.29, 1.82) is 0 Å². The molecule has 112 valence electrons. The molecule has 0 aliphatic rings. The van der Waals surface area contributed by atoms with E-state index in [1.807, 2.05) is 18.2 Å². The third kappa shape index (κ3) is 2.82. The van der Waals surface area contributed by atoms with Crippen LogP contribution in [0.3, 0.4) is 0 Å². The van der Waals surface area contributed by atoms with Gasteiger partial charge in [0.05, 0.1) is 11.4 Å². The molecule has 0 radical (unpaired) electrons. The lowest BCUT2D eigenvalue weighted by molar-refractivity contribution is 0.368. The Morgan fingerprint density at radius 2 is 1.36 bits per heavy atom. The highest BCUT2D eigenvalue weighted by atomic mass is 79.9. The molecular weight excluding hydrogens is 416 g/mol. The molecule has 0 aliphatic carbocycles. The maximum atomic E-state index is 9.58. The van der Waals surface area contributed by atoms with Crippen LogP contribution in [0.2, 0.25) is 0 Å². The molecule has 0 bridgehead atoms. The fourth-order valence-corrected chi connectivity index (χ4v) is 3.37. The Morgan fingerprint density at radius 1 is 0.773 bits per heavy atom. The first-order valence-electron chi connectivity index (χ1n) is 6.21. The van der Waals surface area contributed by atoms with E-state index in [-0.39, 0.29) is 0 Å². The minimum Gasteiger partial charge on any atom is -0.504 e. The first kappa shape index (κ1) is 14.9. The SMILES string of the molecule is Oc1cc(-c2cc(-c3cc(Br)cc(Br)c3)n[nH]2)cc(O)c1O. The highest BCUT2D eigenvalue weighted by Gasteiger charge is 2.12. The summed E-state index contributed by atoms with van der Waals surface area (Å²) in [5.74, 6) is -1.33. The average Bonchev–Trinajstić information content (AvgIpc) is 2.93. The maximum absolute atomic E-state index is 9.58. The zero-order chi connectivity index (χ0) is 15.9. The van der Waals surface area contributed by atoms with Gasteiger partial charge in [0.2, 0.25) is 0 Å². The molecule has 0 atom stereocenters. The largest absolute Gasteiger partial charge is 0.504 e. The summed E-state index contributed by atoms with van der Waals surface area (Å²) >= 11 is 6.85. The van der Waals surface area contributed by atoms with Crippen molar-refractivity contribution in [3.63, 3.8) is 0 Å². The van der Waals surface area contributed by atoms with Gasteiger partial charge in [-0.2, -0.15) is 5.10 Å². The standard InChI is InChI=1S/C15H10Br2N2O3/c16-9-1-7(2-10(17)5-9)11-6-12(19-18-11)8-3-13(20)15(22)14(21)4-8/h1-6,20-22H,(H,18,19). The number of hydrogen-bond donors (Lipinski definition) is 4. The Morgan fingerprint density at radius 3 is 1.95 bits per heavy atom. The van der Waals surface area contributed by atoms with E-state index in [2.05, 4.69) is 42.1 Å². The van der Waals surface area contributed by atoms with Crippen LogP contribution in [0.15, 0.2) is 45.3 Å². The van der Waals surface area contributed by atoms with Gasteiger partial charge >= 0.3 is 0 Å². The fraction of sp³-hybridized carbons (Fsp3) is 0. The molecule has 0 amide bonds. The van der Waals surface area contributed by atoms with Gasteiger partial charge in [-0.1, -0.05) is 31.9 Å². The topological polar surface area (TPSA) is 89.4 Å². The number of halogens is 2. The van der Waals surface area contributed by atoms with Crippen molar-refractivity contribution in [3.05, 3.63) is 45.3 Å². The number of phenolic OH excluding ortho intramolecular Hbond substituents is 3. The summed E-state index contributed by atoms with van der Waals surface area (Å²) < 4.78 is 1.84. The van der Waals surface area contributed by atoms with Crippen LogP contribution >= 0.6 is 31.9 Å². The fourth-order valence-electron chi connectivity index (χ4n) is 2.08. The summed E-state index contributed by atoms with van der Waals surface area (Å²) in [6.07, 6.45) is 0. The molecule has 3 rings (SSSR count). The molecule has 1 aromatic heterocycles. The molecule has 0 saturated heterocycles. The van der Waals surface area contributed by atoms with E-state index < -0.39 is 17.2 Å². The minimum atomic E-state index is -0.542. The monoisotopic (exact) mass is 424 g/mol. The molecule has 0 aliphatic heterocycles. The van der Waals surface area contributed by atoms with Gasteiger partial charge in [-0.15, -0.1) is 0 Å². The molecule has 7 heteroatoms. The van der Waals surface area contributed by atoms with Gasteiger partial charge in [-0.25, -0.2) is 0 Å². The number of nitrogens with zero attached hydrogens (tertiary/aromatic N) is 1. The van der Waals surface area contributed by atoms with E-state index in [0.29, 0.717) is 17.0 Å². The lowest BCUT2D eigenvalue weighted by Crippen LogP contribution is -1.79. The molecule has 4 N–H and O–H groups in total.